The van der Waals surface area contributed by atoms with Gasteiger partial charge in [0, 0.05) is 25.0 Å². The van der Waals surface area contributed by atoms with Crippen LogP contribution < -0.4 is 10.9 Å². The number of benzene rings is 1. The number of aromatic nitrogens is 3. The van der Waals surface area contributed by atoms with Crippen LogP contribution in [0.4, 0.5) is 10.8 Å². The highest BCUT2D eigenvalue weighted by molar-refractivity contribution is 7.18. The molecule has 4 rings (SSSR count). The van der Waals surface area contributed by atoms with E-state index in [4.69, 9.17) is 11.6 Å². The highest BCUT2D eigenvalue weighted by Crippen LogP contribution is 2.34. The summed E-state index contributed by atoms with van der Waals surface area (Å²) < 4.78 is 1.51. The normalized spacial score (nSPS) is 12.4. The first-order valence-corrected chi connectivity index (χ1v) is 8.40. The fraction of sp³-hybridized carbons (Fsp3) is 0.125. The number of aliphatic imine (C=N–C) groups is 1. The highest BCUT2D eigenvalue weighted by Gasteiger charge is 2.16. The van der Waals surface area contributed by atoms with Crippen LogP contribution in [0.15, 0.2) is 40.2 Å². The summed E-state index contributed by atoms with van der Waals surface area (Å²) in [5.41, 5.74) is 3.21. The Morgan fingerprint density at radius 2 is 2.17 bits per heavy atom. The molecular formula is C16H12ClN5OS. The molecule has 0 bridgehead atoms. The van der Waals surface area contributed by atoms with Crippen molar-refractivity contribution in [3.8, 4) is 10.6 Å². The molecule has 0 saturated carbocycles. The van der Waals surface area contributed by atoms with Crippen molar-refractivity contribution in [2.45, 2.75) is 6.54 Å². The molecule has 0 unspecified atom stereocenters. The number of nitrogens with one attached hydrogen (secondary N) is 1. The van der Waals surface area contributed by atoms with E-state index in [1.165, 1.54) is 15.9 Å². The minimum absolute atomic E-state index is 0.105. The molecule has 0 aliphatic carbocycles. The minimum atomic E-state index is -0.105. The molecule has 0 amide bonds. The predicted octanol–water partition coefficient (Wildman–Crippen LogP) is 3.23. The van der Waals surface area contributed by atoms with Crippen molar-refractivity contribution in [3.05, 3.63) is 57.0 Å². The maximum atomic E-state index is 12.2. The Hall–Kier alpha value is -2.51. The van der Waals surface area contributed by atoms with Gasteiger partial charge in [-0.2, -0.15) is 0 Å². The summed E-state index contributed by atoms with van der Waals surface area (Å²) in [5, 5.41) is 13.1. The Balaban J connectivity index is 1.66. The van der Waals surface area contributed by atoms with Gasteiger partial charge >= 0.3 is 0 Å². The first-order chi connectivity index (χ1) is 11.6. The average molecular weight is 358 g/mol. The Morgan fingerprint density at radius 1 is 1.29 bits per heavy atom. The van der Waals surface area contributed by atoms with E-state index < -0.39 is 0 Å². The van der Waals surface area contributed by atoms with Gasteiger partial charge < -0.3 is 9.88 Å². The monoisotopic (exact) mass is 357 g/mol. The largest absolute Gasteiger partial charge is 0.329 e. The lowest BCUT2D eigenvalue weighted by atomic mass is 10.1. The number of anilines is 2. The van der Waals surface area contributed by atoms with Gasteiger partial charge in [-0.15, -0.1) is 10.2 Å². The predicted molar refractivity (Wildman–Crippen MR) is 96.6 cm³/mol. The third-order valence-electron chi connectivity index (χ3n) is 3.77. The van der Waals surface area contributed by atoms with Crippen molar-refractivity contribution in [1.29, 1.82) is 0 Å². The van der Waals surface area contributed by atoms with Crippen LogP contribution >= 0.6 is 22.9 Å². The molecule has 0 atom stereocenters. The molecule has 1 aliphatic heterocycles. The number of nitrogens with zero attached hydrogens (tertiary/aromatic N) is 4. The highest BCUT2D eigenvalue weighted by atomic mass is 35.5. The van der Waals surface area contributed by atoms with Gasteiger partial charge in [-0.3, -0.25) is 9.79 Å². The van der Waals surface area contributed by atoms with Crippen LogP contribution in [0.2, 0.25) is 5.02 Å². The van der Waals surface area contributed by atoms with Crippen molar-refractivity contribution >= 4 is 40.0 Å². The zero-order valence-electron chi connectivity index (χ0n) is 12.7. The van der Waals surface area contributed by atoms with Crippen LogP contribution in [0.3, 0.4) is 0 Å². The van der Waals surface area contributed by atoms with Gasteiger partial charge in [0.15, 0.2) is 5.01 Å². The second kappa shape index (κ2) is 5.85. The van der Waals surface area contributed by atoms with Crippen LogP contribution in [0.25, 0.3) is 10.6 Å². The fourth-order valence-corrected chi connectivity index (χ4v) is 3.55. The second-order valence-electron chi connectivity index (χ2n) is 5.34. The van der Waals surface area contributed by atoms with Crippen molar-refractivity contribution in [2.75, 3.05) is 5.32 Å². The van der Waals surface area contributed by atoms with Crippen molar-refractivity contribution in [2.24, 2.45) is 12.0 Å². The zero-order chi connectivity index (χ0) is 16.7. The van der Waals surface area contributed by atoms with E-state index in [-0.39, 0.29) is 5.56 Å². The molecule has 2 aromatic heterocycles. The standard InChI is InChI=1S/C16H12ClN5OS/c1-22-6-2-3-10(15(22)23)14-20-21-16(24-14)19-12-5-4-9-7-18-8-11(9)13(12)17/h2-6,8H,7H2,1H3,(H,19,21). The van der Waals surface area contributed by atoms with Crippen molar-refractivity contribution in [3.63, 3.8) is 0 Å². The van der Waals surface area contributed by atoms with Gasteiger partial charge in [-0.25, -0.2) is 0 Å². The number of aryl methyl sites for hydroxylation is 1. The summed E-state index contributed by atoms with van der Waals surface area (Å²) >= 11 is 7.73. The summed E-state index contributed by atoms with van der Waals surface area (Å²) in [5.74, 6) is 0. The quantitative estimate of drug-likeness (QED) is 0.781. The van der Waals surface area contributed by atoms with Gasteiger partial charge in [0.25, 0.3) is 5.56 Å². The van der Waals surface area contributed by atoms with Crippen LogP contribution in [0, 0.1) is 0 Å². The van der Waals surface area contributed by atoms with Crippen molar-refractivity contribution < 1.29 is 0 Å². The van der Waals surface area contributed by atoms with Gasteiger partial charge in [0.2, 0.25) is 5.13 Å². The molecule has 6 nitrogen and oxygen atoms in total. The fourth-order valence-electron chi connectivity index (χ4n) is 2.50. The minimum Gasteiger partial charge on any atom is -0.329 e. The molecule has 0 saturated heterocycles. The molecule has 1 aromatic carbocycles. The third-order valence-corrected chi connectivity index (χ3v) is 5.05. The SMILES string of the molecule is Cn1cccc(-c2nnc(Nc3ccc4c(c3Cl)C=NC4)s2)c1=O. The molecule has 24 heavy (non-hydrogen) atoms. The lowest BCUT2D eigenvalue weighted by Gasteiger charge is -2.08. The van der Waals surface area contributed by atoms with Gasteiger partial charge in [-0.1, -0.05) is 29.0 Å². The lowest BCUT2D eigenvalue weighted by Crippen LogP contribution is -2.17. The van der Waals surface area contributed by atoms with E-state index >= 15 is 0 Å². The topological polar surface area (TPSA) is 72.2 Å². The van der Waals surface area contributed by atoms with Crippen LogP contribution in [0.1, 0.15) is 11.1 Å². The van der Waals surface area contributed by atoms with E-state index in [9.17, 15) is 4.79 Å². The number of hydrogen-bond acceptors (Lipinski definition) is 6. The molecule has 0 spiro atoms. The summed E-state index contributed by atoms with van der Waals surface area (Å²) in [4.78, 5) is 16.4. The molecule has 8 heteroatoms. The molecule has 3 aromatic rings. The molecular weight excluding hydrogens is 346 g/mol. The molecule has 1 aliphatic rings. The number of halogens is 1. The number of fused-ring (bicyclic) bond motifs is 1. The van der Waals surface area contributed by atoms with E-state index in [2.05, 4.69) is 20.5 Å². The Morgan fingerprint density at radius 3 is 3.04 bits per heavy atom. The Labute approximate surface area is 146 Å². The first-order valence-electron chi connectivity index (χ1n) is 7.21. The molecule has 120 valence electrons. The van der Waals surface area contributed by atoms with Gasteiger partial charge in [0.05, 0.1) is 22.8 Å². The van der Waals surface area contributed by atoms with E-state index in [1.54, 1.807) is 25.5 Å². The van der Waals surface area contributed by atoms with Crippen LogP contribution in [-0.4, -0.2) is 21.0 Å². The summed E-state index contributed by atoms with van der Waals surface area (Å²) in [7, 11) is 1.71. The lowest BCUT2D eigenvalue weighted by molar-refractivity contribution is 0.862. The molecule has 1 N–H and O–H groups in total. The van der Waals surface area contributed by atoms with Gasteiger partial charge in [0.1, 0.15) is 0 Å². The van der Waals surface area contributed by atoms with Crippen LogP contribution in [-0.2, 0) is 13.6 Å². The summed E-state index contributed by atoms with van der Waals surface area (Å²) in [6.45, 7) is 0.662. The maximum Gasteiger partial charge on any atom is 0.260 e. The summed E-state index contributed by atoms with van der Waals surface area (Å²) in [6, 6.07) is 7.44. The first kappa shape index (κ1) is 15.0. The number of pyridine rings is 1. The van der Waals surface area contributed by atoms with Crippen molar-refractivity contribution in [1.82, 2.24) is 14.8 Å². The Kier molecular flexibility index (Phi) is 3.66. The number of rotatable bonds is 3. The maximum absolute atomic E-state index is 12.2. The molecule has 3 heterocycles. The van der Waals surface area contributed by atoms with E-state index in [1.807, 2.05) is 18.2 Å². The van der Waals surface area contributed by atoms with E-state index in [0.717, 1.165) is 16.8 Å². The number of hydrogen-bond donors (Lipinski definition) is 1. The smallest absolute Gasteiger partial charge is 0.260 e. The van der Waals surface area contributed by atoms with Gasteiger partial charge in [-0.05, 0) is 23.8 Å². The molecule has 0 fully saturated rings. The molecule has 0 radical (unpaired) electrons. The van der Waals surface area contributed by atoms with Crippen LogP contribution in [0.5, 0.6) is 0 Å². The zero-order valence-corrected chi connectivity index (χ0v) is 14.2. The summed E-state index contributed by atoms with van der Waals surface area (Å²) in [6.07, 6.45) is 3.49. The third kappa shape index (κ3) is 2.51. The Bertz CT molecular complexity index is 1020. The van der Waals surface area contributed by atoms with E-state index in [0.29, 0.717) is 27.3 Å². The second-order valence-corrected chi connectivity index (χ2v) is 6.70. The average Bonchev–Trinajstić information content (AvgIpc) is 3.22.